The molecule has 3 N–H and O–H groups in total. The van der Waals surface area contributed by atoms with Gasteiger partial charge in [0.1, 0.15) is 13.2 Å². The summed E-state index contributed by atoms with van der Waals surface area (Å²) in [7, 11) is 0. The number of esters is 1. The summed E-state index contributed by atoms with van der Waals surface area (Å²) in [6, 6.07) is 0. The third-order valence-electron chi connectivity index (χ3n) is 10.2. The van der Waals surface area contributed by atoms with Crippen LogP contribution in [-0.2, 0) is 14.4 Å². The molecule has 4 fully saturated rings. The van der Waals surface area contributed by atoms with Crippen LogP contribution in [0.25, 0.3) is 0 Å². The van der Waals surface area contributed by atoms with Gasteiger partial charge in [-0.2, -0.15) is 0 Å². The van der Waals surface area contributed by atoms with Crippen LogP contribution in [0.4, 0.5) is 0 Å². The van der Waals surface area contributed by atoms with Crippen molar-refractivity contribution in [2.45, 2.75) is 82.0 Å². The zero-order valence-electron chi connectivity index (χ0n) is 18.5. The molecular weight excluding hydrogens is 418 g/mol. The maximum Gasteiger partial charge on any atom is 0.331 e. The minimum absolute atomic E-state index is 0.0554. The van der Waals surface area contributed by atoms with Gasteiger partial charge in [0.25, 0.3) is 5.09 Å². The highest BCUT2D eigenvalue weighted by Gasteiger charge is 2.71. The smallest absolute Gasteiger partial charge is 0.331 e. The lowest BCUT2D eigenvalue weighted by atomic mass is 9.41. The molecule has 0 aromatic rings. The van der Waals surface area contributed by atoms with Gasteiger partial charge in [-0.25, -0.2) is 4.79 Å². The Bertz CT molecular complexity index is 861. The van der Waals surface area contributed by atoms with Crippen LogP contribution in [0.3, 0.4) is 0 Å². The van der Waals surface area contributed by atoms with Crippen molar-refractivity contribution in [1.82, 2.24) is 0 Å². The average molecular weight is 452 g/mol. The number of ether oxygens (including phenoxy) is 1. The lowest BCUT2D eigenvalue weighted by Gasteiger charge is -2.66. The Morgan fingerprint density at radius 3 is 2.59 bits per heavy atom. The molecule has 9 heteroatoms. The predicted molar refractivity (Wildman–Crippen MR) is 110 cm³/mol. The van der Waals surface area contributed by atoms with Gasteiger partial charge >= 0.3 is 5.97 Å². The first kappa shape index (κ1) is 22.1. The number of aliphatic hydroxyl groups is 3. The van der Waals surface area contributed by atoms with E-state index in [1.807, 2.05) is 0 Å². The second-order valence-corrected chi connectivity index (χ2v) is 11.1. The standard InChI is InChI=1S/C23H33NO8/c1-20-6-3-17-18(23(20,28)9-5-16(20)14-10-19(26)31-12-14)4-8-22(27)11-15(25)2-7-21(17,22)13-32-24(29)30/h10,15-18,25,27-28H,2-9,11-13H2,1H3. The van der Waals surface area contributed by atoms with E-state index in [-0.39, 0.29) is 43.4 Å². The van der Waals surface area contributed by atoms with Gasteiger partial charge in [-0.05, 0) is 74.7 Å². The topological polar surface area (TPSA) is 139 Å². The van der Waals surface area contributed by atoms with Crippen LogP contribution in [0.2, 0.25) is 0 Å². The van der Waals surface area contributed by atoms with Gasteiger partial charge in [0.05, 0.1) is 17.3 Å². The summed E-state index contributed by atoms with van der Waals surface area (Å²) in [6.45, 7) is 2.17. The van der Waals surface area contributed by atoms with Gasteiger partial charge in [-0.15, -0.1) is 10.1 Å². The van der Waals surface area contributed by atoms with Crippen LogP contribution in [0, 0.1) is 38.7 Å². The van der Waals surface area contributed by atoms with E-state index in [4.69, 9.17) is 9.57 Å². The van der Waals surface area contributed by atoms with E-state index in [1.54, 1.807) is 6.08 Å². The molecule has 0 aromatic carbocycles. The number of carbonyl (C=O) groups is 1. The van der Waals surface area contributed by atoms with E-state index in [2.05, 4.69) is 6.92 Å². The number of hydrogen-bond acceptors (Lipinski definition) is 8. The van der Waals surface area contributed by atoms with Crippen molar-refractivity contribution in [3.63, 3.8) is 0 Å². The Hall–Kier alpha value is -1.71. The lowest BCUT2D eigenvalue weighted by Crippen LogP contribution is -2.69. The number of fused-ring (bicyclic) bond motifs is 5. The molecule has 8 unspecified atom stereocenters. The monoisotopic (exact) mass is 451 g/mol. The van der Waals surface area contributed by atoms with Crippen molar-refractivity contribution < 1.29 is 34.8 Å². The van der Waals surface area contributed by atoms with Crippen LogP contribution >= 0.6 is 0 Å². The second-order valence-electron chi connectivity index (χ2n) is 11.1. The van der Waals surface area contributed by atoms with E-state index in [1.165, 1.54) is 0 Å². The Labute approximate surface area is 186 Å². The van der Waals surface area contributed by atoms with E-state index in [0.29, 0.717) is 44.9 Å². The van der Waals surface area contributed by atoms with Crippen molar-refractivity contribution >= 4 is 5.97 Å². The second kappa shape index (κ2) is 7.14. The molecule has 178 valence electrons. The number of carbonyl (C=O) groups excluding carboxylic acids is 1. The fourth-order valence-corrected chi connectivity index (χ4v) is 8.65. The molecule has 0 saturated heterocycles. The highest BCUT2D eigenvalue weighted by atomic mass is 16.9. The SMILES string of the molecule is CC12CCC3C(CCC4(O)CC(O)CCC34CO[N+](=O)[O-])C1(O)CCC2C1=CC(=O)OC1. The van der Waals surface area contributed by atoms with E-state index >= 15 is 0 Å². The van der Waals surface area contributed by atoms with E-state index < -0.39 is 33.2 Å². The Balaban J connectivity index is 1.51. The Kier molecular flexibility index (Phi) is 4.93. The summed E-state index contributed by atoms with van der Waals surface area (Å²) in [5.74, 6) is -0.538. The quantitative estimate of drug-likeness (QED) is 0.335. The first-order valence-corrected chi connectivity index (χ1v) is 11.8. The Morgan fingerprint density at radius 1 is 1.16 bits per heavy atom. The van der Waals surface area contributed by atoms with Gasteiger partial charge in [-0.3, -0.25) is 0 Å². The molecule has 4 saturated carbocycles. The molecule has 1 aliphatic heterocycles. The molecule has 0 bridgehead atoms. The molecular formula is C23H33NO8. The van der Waals surface area contributed by atoms with Crippen LogP contribution in [0.15, 0.2) is 11.6 Å². The van der Waals surface area contributed by atoms with Gasteiger partial charge in [0.2, 0.25) is 0 Å². The predicted octanol–water partition coefficient (Wildman–Crippen LogP) is 1.91. The minimum Gasteiger partial charge on any atom is -0.458 e. The summed E-state index contributed by atoms with van der Waals surface area (Å²) < 4.78 is 5.16. The van der Waals surface area contributed by atoms with Crippen molar-refractivity contribution in [2.75, 3.05) is 13.2 Å². The largest absolute Gasteiger partial charge is 0.458 e. The van der Waals surface area contributed by atoms with Crippen LogP contribution in [-0.4, -0.2) is 56.9 Å². The summed E-state index contributed by atoms with van der Waals surface area (Å²) in [4.78, 5) is 27.7. The summed E-state index contributed by atoms with van der Waals surface area (Å²) in [5.41, 5.74) is -2.60. The number of nitrogens with zero attached hydrogens (tertiary/aromatic N) is 1. The molecule has 8 atom stereocenters. The minimum atomic E-state index is -1.25. The third-order valence-corrected chi connectivity index (χ3v) is 10.2. The number of cyclic esters (lactones) is 1. The molecule has 9 nitrogen and oxygen atoms in total. The van der Waals surface area contributed by atoms with Crippen molar-refractivity contribution in [3.8, 4) is 0 Å². The van der Waals surface area contributed by atoms with Gasteiger partial charge in [-0.1, -0.05) is 6.92 Å². The Morgan fingerprint density at radius 2 is 1.91 bits per heavy atom. The fraction of sp³-hybridized carbons (Fsp3) is 0.870. The van der Waals surface area contributed by atoms with Crippen LogP contribution in [0.5, 0.6) is 0 Å². The summed E-state index contributed by atoms with van der Waals surface area (Å²) in [5, 5.41) is 44.5. The maximum absolute atomic E-state index is 12.2. The highest BCUT2D eigenvalue weighted by Crippen LogP contribution is 2.70. The average Bonchev–Trinajstić information content (AvgIpc) is 3.26. The molecule has 5 rings (SSSR count). The zero-order valence-corrected chi connectivity index (χ0v) is 18.5. The number of rotatable bonds is 4. The van der Waals surface area contributed by atoms with E-state index in [0.717, 1.165) is 12.0 Å². The van der Waals surface area contributed by atoms with Gasteiger partial charge < -0.3 is 24.9 Å². The van der Waals surface area contributed by atoms with Gasteiger partial charge in [0.15, 0.2) is 0 Å². The molecule has 1 heterocycles. The van der Waals surface area contributed by atoms with Crippen molar-refractivity contribution in [3.05, 3.63) is 21.8 Å². The molecule has 0 radical (unpaired) electrons. The third kappa shape index (κ3) is 2.83. The molecule has 32 heavy (non-hydrogen) atoms. The normalized spacial score (nSPS) is 50.0. The maximum atomic E-state index is 12.2. The zero-order chi connectivity index (χ0) is 22.9. The summed E-state index contributed by atoms with van der Waals surface area (Å²) in [6.07, 6.45) is 5.74. The van der Waals surface area contributed by atoms with Crippen molar-refractivity contribution in [2.24, 2.45) is 28.6 Å². The van der Waals surface area contributed by atoms with Crippen LogP contribution < -0.4 is 0 Å². The number of hydrogen-bond donors (Lipinski definition) is 3. The molecule has 0 spiro atoms. The first-order chi connectivity index (χ1) is 15.0. The first-order valence-electron chi connectivity index (χ1n) is 11.8. The molecule has 0 aromatic heterocycles. The fourth-order valence-electron chi connectivity index (χ4n) is 8.65. The highest BCUT2D eigenvalue weighted by molar-refractivity contribution is 5.85. The van der Waals surface area contributed by atoms with Gasteiger partial charge in [0, 0.05) is 23.3 Å². The van der Waals surface area contributed by atoms with E-state index in [9.17, 15) is 30.2 Å². The molecule has 4 aliphatic carbocycles. The molecule has 0 amide bonds. The van der Waals surface area contributed by atoms with Crippen molar-refractivity contribution in [1.29, 1.82) is 0 Å². The van der Waals surface area contributed by atoms with Crippen LogP contribution in [0.1, 0.15) is 64.7 Å². The lowest BCUT2D eigenvalue weighted by molar-refractivity contribution is -0.762. The molecule has 5 aliphatic rings. The number of aliphatic hydroxyl groups excluding tert-OH is 1. The summed E-state index contributed by atoms with van der Waals surface area (Å²) >= 11 is 0.